The van der Waals surface area contributed by atoms with Crippen molar-refractivity contribution in [1.82, 2.24) is 9.97 Å². The molecule has 0 amide bonds. The van der Waals surface area contributed by atoms with Crippen molar-refractivity contribution in [3.8, 4) is 0 Å². The van der Waals surface area contributed by atoms with Crippen LogP contribution < -0.4 is 4.72 Å². The molecule has 19 heavy (non-hydrogen) atoms. The first-order valence-electron chi connectivity index (χ1n) is 5.39. The van der Waals surface area contributed by atoms with Crippen LogP contribution in [0.2, 0.25) is 0 Å². The number of hydrogen-bond acceptors (Lipinski definition) is 5. The maximum absolute atomic E-state index is 12.0. The van der Waals surface area contributed by atoms with Gasteiger partial charge in [-0.25, -0.2) is 13.4 Å². The van der Waals surface area contributed by atoms with Crippen LogP contribution in [0.25, 0.3) is 0 Å². The van der Waals surface area contributed by atoms with Crippen molar-refractivity contribution in [3.63, 3.8) is 0 Å². The Morgan fingerprint density at radius 1 is 1.16 bits per heavy atom. The maximum Gasteiger partial charge on any atom is 0.263 e. The number of benzene rings is 1. The number of rotatable bonds is 4. The Morgan fingerprint density at radius 3 is 2.37 bits per heavy atom. The van der Waals surface area contributed by atoms with Crippen molar-refractivity contribution in [2.24, 2.45) is 0 Å². The van der Waals surface area contributed by atoms with Gasteiger partial charge in [0.2, 0.25) is 0 Å². The van der Waals surface area contributed by atoms with Gasteiger partial charge >= 0.3 is 0 Å². The lowest BCUT2D eigenvalue weighted by molar-refractivity contribution is 0.101. The van der Waals surface area contributed by atoms with Gasteiger partial charge in [-0.15, -0.1) is 0 Å². The fourth-order valence-corrected chi connectivity index (χ4v) is 2.41. The molecular weight excluding hydrogens is 266 g/mol. The molecule has 1 N–H and O–H groups in total. The minimum absolute atomic E-state index is 0.0585. The Morgan fingerprint density at radius 2 is 1.84 bits per heavy atom. The summed E-state index contributed by atoms with van der Waals surface area (Å²) in [6, 6.07) is 5.67. The monoisotopic (exact) mass is 277 g/mol. The first kappa shape index (κ1) is 13.2. The van der Waals surface area contributed by atoms with Crippen molar-refractivity contribution >= 4 is 21.6 Å². The Kier molecular flexibility index (Phi) is 3.57. The molecule has 2 rings (SSSR count). The van der Waals surface area contributed by atoms with Gasteiger partial charge in [-0.3, -0.25) is 14.5 Å². The molecule has 1 aromatic carbocycles. The number of ketones is 1. The van der Waals surface area contributed by atoms with Gasteiger partial charge in [0.15, 0.2) is 11.6 Å². The highest BCUT2D eigenvalue weighted by Gasteiger charge is 2.15. The SMILES string of the molecule is CC(=O)c1ccc(S(=O)(=O)Nc2cnccn2)cc1. The standard InChI is InChI=1S/C12H11N3O3S/c1-9(16)10-2-4-11(5-3-10)19(17,18)15-12-8-13-6-7-14-12/h2-8H,1H3,(H,14,15). The summed E-state index contributed by atoms with van der Waals surface area (Å²) in [4.78, 5) is 18.8. The smallest absolute Gasteiger partial charge is 0.263 e. The molecule has 0 spiro atoms. The third kappa shape index (κ3) is 3.14. The fraction of sp³-hybridized carbons (Fsp3) is 0.0833. The molecule has 6 nitrogen and oxygen atoms in total. The van der Waals surface area contributed by atoms with Crippen molar-refractivity contribution in [2.45, 2.75) is 11.8 Å². The fourth-order valence-electron chi connectivity index (χ4n) is 1.42. The van der Waals surface area contributed by atoms with Gasteiger partial charge < -0.3 is 0 Å². The predicted molar refractivity (Wildman–Crippen MR) is 69.3 cm³/mol. The molecule has 1 aromatic heterocycles. The lowest BCUT2D eigenvalue weighted by atomic mass is 10.2. The first-order valence-corrected chi connectivity index (χ1v) is 6.87. The van der Waals surface area contributed by atoms with E-state index in [1.54, 1.807) is 0 Å². The topological polar surface area (TPSA) is 89.0 Å². The van der Waals surface area contributed by atoms with Crippen molar-refractivity contribution in [1.29, 1.82) is 0 Å². The highest BCUT2D eigenvalue weighted by molar-refractivity contribution is 7.92. The van der Waals surface area contributed by atoms with Crippen LogP contribution in [-0.4, -0.2) is 24.2 Å². The molecule has 0 aliphatic rings. The van der Waals surface area contributed by atoms with Crippen molar-refractivity contribution in [3.05, 3.63) is 48.4 Å². The van der Waals surface area contributed by atoms with Crippen LogP contribution in [0.1, 0.15) is 17.3 Å². The van der Waals surface area contributed by atoms with Gasteiger partial charge in [0.25, 0.3) is 10.0 Å². The van der Waals surface area contributed by atoms with E-state index >= 15 is 0 Å². The molecule has 0 saturated carbocycles. The number of carbonyl (C=O) groups excluding carboxylic acids is 1. The molecule has 0 saturated heterocycles. The molecule has 2 aromatic rings. The second-order valence-corrected chi connectivity index (χ2v) is 5.46. The van der Waals surface area contributed by atoms with Crippen LogP contribution in [0.15, 0.2) is 47.8 Å². The summed E-state index contributed by atoms with van der Waals surface area (Å²) in [5.41, 5.74) is 0.457. The van der Waals surface area contributed by atoms with E-state index in [0.29, 0.717) is 5.56 Å². The number of Topliss-reactive ketones (excluding diaryl/α,β-unsaturated/α-hetero) is 1. The third-order valence-electron chi connectivity index (χ3n) is 2.37. The summed E-state index contributed by atoms with van der Waals surface area (Å²) < 4.78 is 26.3. The number of aromatic nitrogens is 2. The number of hydrogen-bond donors (Lipinski definition) is 1. The Labute approximate surface area is 110 Å². The van der Waals surface area contributed by atoms with Crippen LogP contribution in [0.3, 0.4) is 0 Å². The van der Waals surface area contributed by atoms with Gasteiger partial charge in [-0.1, -0.05) is 12.1 Å². The molecular formula is C12H11N3O3S. The predicted octanol–water partition coefficient (Wildman–Crippen LogP) is 1.48. The number of nitrogens with one attached hydrogen (secondary N) is 1. The molecule has 0 aliphatic heterocycles. The van der Waals surface area contributed by atoms with E-state index in [-0.39, 0.29) is 16.5 Å². The third-order valence-corrected chi connectivity index (χ3v) is 3.74. The number of nitrogens with zero attached hydrogens (tertiary/aromatic N) is 2. The average Bonchev–Trinajstić information content (AvgIpc) is 2.39. The molecule has 0 bridgehead atoms. The van der Waals surface area contributed by atoms with Crippen LogP contribution in [0, 0.1) is 0 Å². The Bertz CT molecular complexity index is 682. The Hall–Kier alpha value is -2.28. The van der Waals surface area contributed by atoms with Gasteiger partial charge in [0.1, 0.15) is 0 Å². The van der Waals surface area contributed by atoms with E-state index in [0.717, 1.165) is 0 Å². The zero-order valence-electron chi connectivity index (χ0n) is 10.1. The lowest BCUT2D eigenvalue weighted by Crippen LogP contribution is -2.14. The summed E-state index contributed by atoms with van der Waals surface area (Å²) in [6.45, 7) is 1.42. The molecule has 0 unspecified atom stereocenters. The van der Waals surface area contributed by atoms with Gasteiger partial charge in [0.05, 0.1) is 11.1 Å². The lowest BCUT2D eigenvalue weighted by Gasteiger charge is -2.06. The molecule has 1 heterocycles. The Balaban J connectivity index is 2.27. The quantitative estimate of drug-likeness (QED) is 0.855. The number of carbonyl (C=O) groups is 1. The van der Waals surface area contributed by atoms with Crippen molar-refractivity contribution < 1.29 is 13.2 Å². The van der Waals surface area contributed by atoms with Crippen LogP contribution in [-0.2, 0) is 10.0 Å². The van der Waals surface area contributed by atoms with Gasteiger partial charge in [-0.2, -0.15) is 0 Å². The van der Waals surface area contributed by atoms with E-state index in [1.165, 1.54) is 49.8 Å². The zero-order chi connectivity index (χ0) is 13.9. The molecule has 0 atom stereocenters. The van der Waals surface area contributed by atoms with E-state index in [2.05, 4.69) is 14.7 Å². The second-order valence-electron chi connectivity index (χ2n) is 3.78. The van der Waals surface area contributed by atoms with E-state index in [9.17, 15) is 13.2 Å². The highest BCUT2D eigenvalue weighted by Crippen LogP contribution is 2.14. The summed E-state index contributed by atoms with van der Waals surface area (Å²) in [7, 11) is -3.72. The molecule has 0 radical (unpaired) electrons. The summed E-state index contributed by atoms with van der Waals surface area (Å²) >= 11 is 0. The molecule has 7 heteroatoms. The zero-order valence-corrected chi connectivity index (χ0v) is 10.9. The molecule has 0 fully saturated rings. The summed E-state index contributed by atoms with van der Waals surface area (Å²) in [5.74, 6) is 0.0176. The molecule has 0 aliphatic carbocycles. The van der Waals surface area contributed by atoms with Crippen molar-refractivity contribution in [2.75, 3.05) is 4.72 Å². The maximum atomic E-state index is 12.0. The largest absolute Gasteiger partial charge is 0.295 e. The normalized spacial score (nSPS) is 11.0. The average molecular weight is 277 g/mol. The van der Waals surface area contributed by atoms with E-state index in [1.807, 2.05) is 0 Å². The molecule has 98 valence electrons. The van der Waals surface area contributed by atoms with Gasteiger partial charge in [0, 0.05) is 18.0 Å². The summed E-state index contributed by atoms with van der Waals surface area (Å²) in [5, 5.41) is 0. The summed E-state index contributed by atoms with van der Waals surface area (Å²) in [6.07, 6.45) is 4.14. The van der Waals surface area contributed by atoms with Crippen LogP contribution in [0.4, 0.5) is 5.82 Å². The van der Waals surface area contributed by atoms with E-state index < -0.39 is 10.0 Å². The number of anilines is 1. The first-order chi connectivity index (χ1) is 8.99. The van der Waals surface area contributed by atoms with E-state index in [4.69, 9.17) is 0 Å². The van der Waals surface area contributed by atoms with Gasteiger partial charge in [-0.05, 0) is 19.1 Å². The minimum atomic E-state index is -3.72. The van der Waals surface area contributed by atoms with Crippen LogP contribution >= 0.6 is 0 Å². The minimum Gasteiger partial charge on any atom is -0.295 e. The second kappa shape index (κ2) is 5.15. The number of sulfonamides is 1. The van der Waals surface area contributed by atoms with Crippen LogP contribution in [0.5, 0.6) is 0 Å². The highest BCUT2D eigenvalue weighted by atomic mass is 32.2.